The third-order valence-electron chi connectivity index (χ3n) is 9.68. The van der Waals surface area contributed by atoms with E-state index in [0.717, 1.165) is 83.0 Å². The second-order valence-corrected chi connectivity index (χ2v) is 12.7. The van der Waals surface area contributed by atoms with Crippen molar-refractivity contribution in [2.24, 2.45) is 9.98 Å². The van der Waals surface area contributed by atoms with E-state index in [1.807, 2.05) is 36.4 Å². The first-order valence-electron chi connectivity index (χ1n) is 16.9. The number of para-hydroxylation sites is 1. The van der Waals surface area contributed by atoms with Crippen molar-refractivity contribution in [2.75, 3.05) is 0 Å². The molecular formula is C45H30N4O. The van der Waals surface area contributed by atoms with Crippen LogP contribution < -0.4 is 5.32 Å². The van der Waals surface area contributed by atoms with Gasteiger partial charge in [0.05, 0.1) is 11.0 Å². The van der Waals surface area contributed by atoms with Crippen molar-refractivity contribution in [1.82, 2.24) is 9.88 Å². The predicted octanol–water partition coefficient (Wildman–Crippen LogP) is 11.0. The van der Waals surface area contributed by atoms with E-state index in [4.69, 9.17) is 14.4 Å². The van der Waals surface area contributed by atoms with Gasteiger partial charge in [0.2, 0.25) is 5.96 Å². The van der Waals surface area contributed by atoms with E-state index in [1.54, 1.807) is 0 Å². The van der Waals surface area contributed by atoms with E-state index >= 15 is 0 Å². The Hall–Kier alpha value is -6.72. The summed E-state index contributed by atoms with van der Waals surface area (Å²) < 4.78 is 8.52. The molecule has 5 heteroatoms. The molecule has 0 fully saturated rings. The summed E-state index contributed by atoms with van der Waals surface area (Å²) in [5.41, 5.74) is 10.4. The zero-order chi connectivity index (χ0) is 33.0. The van der Waals surface area contributed by atoms with E-state index in [-0.39, 0.29) is 6.17 Å². The Kier molecular flexibility index (Phi) is 6.49. The number of aliphatic imine (C=N–C) groups is 2. The summed E-state index contributed by atoms with van der Waals surface area (Å²) in [6.07, 6.45) is -0.317. The Bertz CT molecular complexity index is 2780. The molecule has 0 bridgehead atoms. The highest BCUT2D eigenvalue weighted by Gasteiger charge is 2.24. The third kappa shape index (κ3) is 4.71. The highest BCUT2D eigenvalue weighted by Crippen LogP contribution is 2.38. The van der Waals surface area contributed by atoms with Gasteiger partial charge in [0.25, 0.3) is 0 Å². The van der Waals surface area contributed by atoms with Crippen molar-refractivity contribution in [3.63, 3.8) is 0 Å². The largest absolute Gasteiger partial charge is 0.456 e. The van der Waals surface area contributed by atoms with Crippen LogP contribution in [0.1, 0.15) is 17.3 Å². The van der Waals surface area contributed by atoms with Gasteiger partial charge in [0.1, 0.15) is 23.2 Å². The van der Waals surface area contributed by atoms with Gasteiger partial charge in [0, 0.05) is 27.1 Å². The summed E-state index contributed by atoms with van der Waals surface area (Å²) in [5, 5.41) is 8.15. The summed E-state index contributed by atoms with van der Waals surface area (Å²) in [6.45, 7) is 0. The van der Waals surface area contributed by atoms with Crippen LogP contribution in [0.3, 0.4) is 0 Å². The van der Waals surface area contributed by atoms with Gasteiger partial charge in [-0.2, -0.15) is 4.99 Å². The van der Waals surface area contributed by atoms with E-state index in [9.17, 15) is 0 Å². The van der Waals surface area contributed by atoms with Crippen LogP contribution in [0.2, 0.25) is 0 Å². The maximum atomic E-state index is 6.28. The minimum absolute atomic E-state index is 0.317. The normalized spacial score (nSPS) is 14.6. The number of fused-ring (bicyclic) bond motifs is 6. The fourth-order valence-electron chi connectivity index (χ4n) is 7.21. The van der Waals surface area contributed by atoms with Crippen LogP contribution in [0.4, 0.5) is 0 Å². The van der Waals surface area contributed by atoms with Crippen LogP contribution in [0, 0.1) is 0 Å². The molecule has 0 saturated heterocycles. The second-order valence-electron chi connectivity index (χ2n) is 12.7. The minimum atomic E-state index is -0.317. The maximum absolute atomic E-state index is 6.28. The molecule has 0 amide bonds. The van der Waals surface area contributed by atoms with Gasteiger partial charge >= 0.3 is 0 Å². The van der Waals surface area contributed by atoms with Gasteiger partial charge in [-0.3, -0.25) is 4.57 Å². The smallest absolute Gasteiger partial charge is 0.234 e. The standard InChI is InChI=1S/C45H30N4O/c1-4-12-29(13-5-1)32-20-23-35-36-24-21-33(34-22-25-38-37-18-10-11-19-41(37)50-42(38)28-34)27-40(36)49(39(35)26-32)45-47-43(30-14-6-2-7-15-30)46-44(48-45)31-16-8-3-9-17-31/h1-28,43H,(H,46,47,48). The lowest BCUT2D eigenvalue weighted by molar-refractivity contribution is 0.668. The summed E-state index contributed by atoms with van der Waals surface area (Å²) in [6, 6.07) is 59.3. The number of furan rings is 1. The zero-order valence-electron chi connectivity index (χ0n) is 27.0. The average molecular weight is 643 g/mol. The van der Waals surface area contributed by atoms with E-state index in [2.05, 4.69) is 143 Å². The average Bonchev–Trinajstić information content (AvgIpc) is 3.73. The molecule has 1 atom stereocenters. The third-order valence-corrected chi connectivity index (χ3v) is 9.68. The van der Waals surface area contributed by atoms with Crippen LogP contribution in [0.25, 0.3) is 66.0 Å². The van der Waals surface area contributed by atoms with Gasteiger partial charge < -0.3 is 9.73 Å². The van der Waals surface area contributed by atoms with Crippen LogP contribution >= 0.6 is 0 Å². The van der Waals surface area contributed by atoms with E-state index in [1.165, 1.54) is 0 Å². The minimum Gasteiger partial charge on any atom is -0.456 e. The van der Waals surface area contributed by atoms with Crippen LogP contribution in [0.15, 0.2) is 184 Å². The van der Waals surface area contributed by atoms with Crippen molar-refractivity contribution in [1.29, 1.82) is 0 Å². The van der Waals surface area contributed by atoms with Crippen molar-refractivity contribution >= 4 is 55.5 Å². The molecule has 0 saturated carbocycles. The van der Waals surface area contributed by atoms with Gasteiger partial charge in [-0.1, -0.05) is 140 Å². The Morgan fingerprint density at radius 3 is 1.70 bits per heavy atom. The van der Waals surface area contributed by atoms with E-state index < -0.39 is 0 Å². The number of amidine groups is 1. The lowest BCUT2D eigenvalue weighted by Gasteiger charge is -2.24. The molecule has 10 rings (SSSR count). The fourth-order valence-corrected chi connectivity index (χ4v) is 7.21. The number of benzene rings is 7. The molecule has 7 aromatic carbocycles. The second kappa shape index (κ2) is 11.5. The monoisotopic (exact) mass is 642 g/mol. The highest BCUT2D eigenvalue weighted by atomic mass is 16.3. The van der Waals surface area contributed by atoms with Crippen molar-refractivity contribution < 1.29 is 4.42 Å². The Morgan fingerprint density at radius 1 is 0.460 bits per heavy atom. The first-order valence-corrected chi connectivity index (χ1v) is 16.9. The zero-order valence-corrected chi connectivity index (χ0v) is 27.0. The summed E-state index contributed by atoms with van der Waals surface area (Å²) >= 11 is 0. The molecule has 1 aliphatic heterocycles. The topological polar surface area (TPSA) is 54.8 Å². The molecule has 236 valence electrons. The number of rotatable bonds is 4. The quantitative estimate of drug-likeness (QED) is 0.208. The molecule has 0 aliphatic carbocycles. The number of aromatic nitrogens is 1. The molecular weight excluding hydrogens is 613 g/mol. The lowest BCUT2D eigenvalue weighted by Crippen LogP contribution is -2.35. The molecule has 2 aromatic heterocycles. The summed E-state index contributed by atoms with van der Waals surface area (Å²) in [7, 11) is 0. The van der Waals surface area contributed by atoms with Crippen molar-refractivity contribution in [3.8, 4) is 22.3 Å². The van der Waals surface area contributed by atoms with Gasteiger partial charge in [-0.05, 0) is 58.1 Å². The molecule has 0 radical (unpaired) electrons. The molecule has 50 heavy (non-hydrogen) atoms. The fraction of sp³-hybridized carbons (Fsp3) is 0.0222. The SMILES string of the molecule is c1ccc(C2=NC(n3c4cc(-c5ccccc5)ccc4c4ccc(-c5ccc6c(c5)oc5ccccc56)cc43)=NC(c3ccccc3)N2)cc1. The highest BCUT2D eigenvalue weighted by molar-refractivity contribution is 6.18. The van der Waals surface area contributed by atoms with Crippen LogP contribution in [-0.2, 0) is 0 Å². The maximum Gasteiger partial charge on any atom is 0.234 e. The van der Waals surface area contributed by atoms with Crippen molar-refractivity contribution in [3.05, 3.63) is 181 Å². The molecule has 1 N–H and O–H groups in total. The Labute approximate surface area is 288 Å². The molecule has 0 spiro atoms. The predicted molar refractivity (Wildman–Crippen MR) is 206 cm³/mol. The summed E-state index contributed by atoms with van der Waals surface area (Å²) in [4.78, 5) is 10.6. The first kappa shape index (κ1) is 28.3. The molecule has 3 heterocycles. The van der Waals surface area contributed by atoms with Gasteiger partial charge in [-0.25, -0.2) is 4.99 Å². The van der Waals surface area contributed by atoms with Crippen LogP contribution in [-0.4, -0.2) is 16.4 Å². The number of nitrogens with one attached hydrogen (secondary N) is 1. The molecule has 5 nitrogen and oxygen atoms in total. The van der Waals surface area contributed by atoms with Gasteiger partial charge in [-0.15, -0.1) is 0 Å². The summed E-state index contributed by atoms with van der Waals surface area (Å²) in [5.74, 6) is 1.41. The molecule has 1 aliphatic rings. The Balaban J connectivity index is 1.22. The van der Waals surface area contributed by atoms with Gasteiger partial charge in [0.15, 0.2) is 0 Å². The lowest BCUT2D eigenvalue weighted by atomic mass is 10.0. The Morgan fingerprint density at radius 2 is 1.00 bits per heavy atom. The number of hydrogen-bond donors (Lipinski definition) is 1. The molecule has 1 unspecified atom stereocenters. The number of hydrogen-bond acceptors (Lipinski definition) is 4. The van der Waals surface area contributed by atoms with E-state index in [0.29, 0.717) is 5.96 Å². The van der Waals surface area contributed by atoms with Crippen molar-refractivity contribution in [2.45, 2.75) is 6.17 Å². The first-order chi connectivity index (χ1) is 24.8. The number of nitrogens with zero attached hydrogens (tertiary/aromatic N) is 3. The van der Waals surface area contributed by atoms with Crippen LogP contribution in [0.5, 0.6) is 0 Å². The molecule has 9 aromatic rings.